The van der Waals surface area contributed by atoms with Crippen molar-refractivity contribution in [1.29, 1.82) is 0 Å². The third kappa shape index (κ3) is 9.20. The zero-order valence-electron chi connectivity index (χ0n) is 18.6. The van der Waals surface area contributed by atoms with E-state index in [0.29, 0.717) is 38.7 Å². The Morgan fingerprint density at radius 2 is 1.94 bits per heavy atom. The van der Waals surface area contributed by atoms with E-state index in [2.05, 4.69) is 15.6 Å². The van der Waals surface area contributed by atoms with Crippen molar-refractivity contribution in [3.8, 4) is 11.5 Å². The highest BCUT2D eigenvalue weighted by atomic mass is 127. The lowest BCUT2D eigenvalue weighted by Crippen LogP contribution is -2.32. The molecule has 0 bridgehead atoms. The second kappa shape index (κ2) is 14.9. The van der Waals surface area contributed by atoms with Gasteiger partial charge >= 0.3 is 0 Å². The van der Waals surface area contributed by atoms with Crippen LogP contribution in [0.5, 0.6) is 11.5 Å². The Hall–Kier alpha value is -2.07. The van der Waals surface area contributed by atoms with Crippen molar-refractivity contribution in [2.75, 3.05) is 44.8 Å². The van der Waals surface area contributed by atoms with E-state index < -0.39 is 0 Å². The standard InChI is InChI=1S/C24H32FN3O3.HI/c1-2-29-14-4-3-12-26-24(27-13-11-19-7-5-8-20(25)17-19)28-21-9-10-22-23(18-21)31-16-6-15-30-22;/h5,7-10,17-18H,2-4,6,11-16H2,1H3,(H2,26,27,28);1H. The van der Waals surface area contributed by atoms with Gasteiger partial charge in [-0.3, -0.25) is 4.99 Å². The number of rotatable bonds is 10. The summed E-state index contributed by atoms with van der Waals surface area (Å²) in [5.41, 5.74) is 1.81. The number of anilines is 1. The zero-order chi connectivity index (χ0) is 21.7. The normalized spacial score (nSPS) is 13.1. The highest BCUT2D eigenvalue weighted by Gasteiger charge is 2.11. The number of nitrogens with one attached hydrogen (secondary N) is 2. The number of benzene rings is 2. The number of hydrogen-bond acceptors (Lipinski definition) is 4. The number of ether oxygens (including phenoxy) is 3. The van der Waals surface area contributed by atoms with Gasteiger partial charge in [0, 0.05) is 44.5 Å². The molecule has 3 rings (SSSR count). The smallest absolute Gasteiger partial charge is 0.195 e. The Morgan fingerprint density at radius 3 is 2.75 bits per heavy atom. The van der Waals surface area contributed by atoms with Gasteiger partial charge in [-0.25, -0.2) is 4.39 Å². The molecule has 0 saturated carbocycles. The molecule has 32 heavy (non-hydrogen) atoms. The van der Waals surface area contributed by atoms with E-state index in [1.165, 1.54) is 6.07 Å². The first-order valence-electron chi connectivity index (χ1n) is 11.0. The molecule has 1 aliphatic rings. The van der Waals surface area contributed by atoms with E-state index in [4.69, 9.17) is 14.2 Å². The molecule has 6 nitrogen and oxygen atoms in total. The minimum Gasteiger partial charge on any atom is -0.490 e. The maximum Gasteiger partial charge on any atom is 0.195 e. The highest BCUT2D eigenvalue weighted by Crippen LogP contribution is 2.32. The van der Waals surface area contributed by atoms with E-state index in [-0.39, 0.29) is 29.8 Å². The molecule has 0 atom stereocenters. The molecule has 176 valence electrons. The van der Waals surface area contributed by atoms with E-state index in [1.807, 2.05) is 31.2 Å². The van der Waals surface area contributed by atoms with Gasteiger partial charge in [-0.1, -0.05) is 12.1 Å². The molecule has 0 radical (unpaired) electrons. The number of aliphatic imine (C=N–C) groups is 1. The molecule has 0 aliphatic carbocycles. The summed E-state index contributed by atoms with van der Waals surface area (Å²) in [7, 11) is 0. The predicted molar refractivity (Wildman–Crippen MR) is 137 cm³/mol. The van der Waals surface area contributed by atoms with Crippen molar-refractivity contribution >= 4 is 35.6 Å². The van der Waals surface area contributed by atoms with E-state index in [0.717, 1.165) is 55.2 Å². The minimum atomic E-state index is -0.217. The van der Waals surface area contributed by atoms with Gasteiger partial charge < -0.3 is 24.8 Å². The maximum absolute atomic E-state index is 13.4. The average Bonchev–Trinajstić information content (AvgIpc) is 3.01. The summed E-state index contributed by atoms with van der Waals surface area (Å²) < 4.78 is 30.3. The van der Waals surface area contributed by atoms with Crippen LogP contribution >= 0.6 is 24.0 Å². The molecule has 0 fully saturated rings. The Labute approximate surface area is 207 Å². The number of hydrogen-bond donors (Lipinski definition) is 2. The lowest BCUT2D eigenvalue weighted by Gasteiger charge is -2.15. The summed E-state index contributed by atoms with van der Waals surface area (Å²) in [6.45, 7) is 6.12. The first-order chi connectivity index (χ1) is 15.2. The number of nitrogens with zero attached hydrogens (tertiary/aromatic N) is 1. The van der Waals surface area contributed by atoms with E-state index in [9.17, 15) is 4.39 Å². The lowest BCUT2D eigenvalue weighted by molar-refractivity contribution is 0.144. The first kappa shape index (κ1) is 26.2. The van der Waals surface area contributed by atoms with Gasteiger partial charge in [0.2, 0.25) is 0 Å². The molecule has 0 saturated heterocycles. The summed E-state index contributed by atoms with van der Waals surface area (Å²) in [4.78, 5) is 4.69. The largest absolute Gasteiger partial charge is 0.490 e. The summed E-state index contributed by atoms with van der Waals surface area (Å²) in [6.07, 6.45) is 3.48. The number of halogens is 2. The average molecular weight is 557 g/mol. The Kier molecular flexibility index (Phi) is 12.2. The van der Waals surface area contributed by atoms with Crippen LogP contribution in [-0.2, 0) is 11.2 Å². The van der Waals surface area contributed by atoms with Gasteiger partial charge in [0.15, 0.2) is 17.5 Å². The fourth-order valence-electron chi connectivity index (χ4n) is 3.19. The van der Waals surface area contributed by atoms with Crippen molar-refractivity contribution in [2.24, 2.45) is 4.99 Å². The van der Waals surface area contributed by atoms with Crippen LogP contribution in [-0.4, -0.2) is 45.5 Å². The van der Waals surface area contributed by atoms with Crippen LogP contribution in [0, 0.1) is 5.82 Å². The van der Waals surface area contributed by atoms with Gasteiger partial charge in [-0.2, -0.15) is 0 Å². The Balaban J connectivity index is 0.00000363. The Bertz CT molecular complexity index is 851. The molecular weight excluding hydrogens is 524 g/mol. The summed E-state index contributed by atoms with van der Waals surface area (Å²) >= 11 is 0. The van der Waals surface area contributed by atoms with Gasteiger partial charge in [0.25, 0.3) is 0 Å². The first-order valence-corrected chi connectivity index (χ1v) is 11.0. The van der Waals surface area contributed by atoms with Gasteiger partial charge in [-0.05, 0) is 56.0 Å². The quantitative estimate of drug-likeness (QED) is 0.186. The summed E-state index contributed by atoms with van der Waals surface area (Å²) in [5.74, 6) is 1.96. The van der Waals surface area contributed by atoms with Crippen molar-refractivity contribution in [1.82, 2.24) is 5.32 Å². The molecule has 0 amide bonds. The highest BCUT2D eigenvalue weighted by molar-refractivity contribution is 14.0. The monoisotopic (exact) mass is 557 g/mol. The van der Waals surface area contributed by atoms with Crippen LogP contribution < -0.4 is 20.1 Å². The van der Waals surface area contributed by atoms with Crippen LogP contribution in [0.15, 0.2) is 47.5 Å². The van der Waals surface area contributed by atoms with Crippen LogP contribution in [0.2, 0.25) is 0 Å². The molecule has 2 aromatic carbocycles. The maximum atomic E-state index is 13.4. The summed E-state index contributed by atoms with van der Waals surface area (Å²) in [6, 6.07) is 12.5. The number of guanidine groups is 1. The van der Waals surface area contributed by atoms with Crippen molar-refractivity contribution in [3.63, 3.8) is 0 Å². The second-order valence-corrected chi connectivity index (χ2v) is 7.28. The third-order valence-electron chi connectivity index (χ3n) is 4.78. The molecule has 1 heterocycles. The van der Waals surface area contributed by atoms with Crippen LogP contribution in [0.1, 0.15) is 31.7 Å². The van der Waals surface area contributed by atoms with Crippen molar-refractivity contribution < 1.29 is 18.6 Å². The molecule has 0 aromatic heterocycles. The third-order valence-corrected chi connectivity index (χ3v) is 4.78. The van der Waals surface area contributed by atoms with Crippen LogP contribution in [0.4, 0.5) is 10.1 Å². The molecule has 8 heteroatoms. The lowest BCUT2D eigenvalue weighted by atomic mass is 10.1. The minimum absolute atomic E-state index is 0. The van der Waals surface area contributed by atoms with E-state index >= 15 is 0 Å². The molecular formula is C24H33FIN3O3. The second-order valence-electron chi connectivity index (χ2n) is 7.28. The number of unbranched alkanes of at least 4 members (excludes halogenated alkanes) is 1. The fourth-order valence-corrected chi connectivity index (χ4v) is 3.19. The van der Waals surface area contributed by atoms with Crippen molar-refractivity contribution in [2.45, 2.75) is 32.6 Å². The predicted octanol–water partition coefficient (Wildman–Crippen LogP) is 5.02. The molecule has 2 aromatic rings. The number of fused-ring (bicyclic) bond motifs is 1. The SMILES string of the molecule is CCOCCCCN=C(NCCc1cccc(F)c1)Nc1ccc2c(c1)OCCCO2.I. The molecule has 1 aliphatic heterocycles. The molecule has 0 spiro atoms. The van der Waals surface area contributed by atoms with Gasteiger partial charge in [0.05, 0.1) is 13.2 Å². The van der Waals surface area contributed by atoms with Gasteiger partial charge in [0.1, 0.15) is 5.82 Å². The molecule has 2 N–H and O–H groups in total. The van der Waals surface area contributed by atoms with Gasteiger partial charge in [-0.15, -0.1) is 24.0 Å². The van der Waals surface area contributed by atoms with Crippen LogP contribution in [0.3, 0.4) is 0 Å². The summed E-state index contributed by atoms with van der Waals surface area (Å²) in [5, 5.41) is 6.69. The molecule has 0 unspecified atom stereocenters. The van der Waals surface area contributed by atoms with Crippen LogP contribution in [0.25, 0.3) is 0 Å². The van der Waals surface area contributed by atoms with E-state index in [1.54, 1.807) is 12.1 Å². The van der Waals surface area contributed by atoms with Crippen molar-refractivity contribution in [3.05, 3.63) is 53.8 Å². The topological polar surface area (TPSA) is 64.1 Å². The Morgan fingerprint density at radius 1 is 1.09 bits per heavy atom. The fraction of sp³-hybridized carbons (Fsp3) is 0.458. The zero-order valence-corrected chi connectivity index (χ0v) is 20.9.